The Morgan fingerprint density at radius 1 is 1.38 bits per heavy atom. The van der Waals surface area contributed by atoms with E-state index in [9.17, 15) is 4.79 Å². The van der Waals surface area contributed by atoms with Crippen molar-refractivity contribution in [1.82, 2.24) is 14.9 Å². The molecule has 0 N–H and O–H groups in total. The summed E-state index contributed by atoms with van der Waals surface area (Å²) in [5.41, 5.74) is 1.72. The predicted molar refractivity (Wildman–Crippen MR) is 84.0 cm³/mol. The van der Waals surface area contributed by atoms with Crippen LogP contribution in [-0.2, 0) is 11.2 Å². The summed E-state index contributed by atoms with van der Waals surface area (Å²) in [6.45, 7) is 4.02. The first-order chi connectivity index (χ1) is 10.2. The summed E-state index contributed by atoms with van der Waals surface area (Å²) in [5, 5.41) is 2.85. The number of thiazole rings is 1. The van der Waals surface area contributed by atoms with Crippen LogP contribution in [-0.4, -0.2) is 33.9 Å². The van der Waals surface area contributed by atoms with Gasteiger partial charge in [0.1, 0.15) is 5.01 Å². The van der Waals surface area contributed by atoms with E-state index in [1.54, 1.807) is 17.5 Å². The van der Waals surface area contributed by atoms with Gasteiger partial charge in [0, 0.05) is 24.7 Å². The van der Waals surface area contributed by atoms with Crippen LogP contribution in [0, 0.1) is 5.92 Å². The van der Waals surface area contributed by atoms with Gasteiger partial charge in [0.05, 0.1) is 17.8 Å². The highest BCUT2D eigenvalue weighted by atomic mass is 32.1. The van der Waals surface area contributed by atoms with Crippen LogP contribution in [0.15, 0.2) is 29.8 Å². The van der Waals surface area contributed by atoms with Gasteiger partial charge in [0.25, 0.3) is 0 Å². The molecule has 110 valence electrons. The van der Waals surface area contributed by atoms with E-state index in [-0.39, 0.29) is 5.91 Å². The lowest BCUT2D eigenvalue weighted by molar-refractivity contribution is -0.131. The van der Waals surface area contributed by atoms with E-state index in [0.29, 0.717) is 6.42 Å². The first-order valence-corrected chi connectivity index (χ1v) is 8.24. The quantitative estimate of drug-likeness (QED) is 0.875. The zero-order valence-electron chi connectivity index (χ0n) is 12.2. The summed E-state index contributed by atoms with van der Waals surface area (Å²) >= 11 is 1.55. The van der Waals surface area contributed by atoms with E-state index in [1.165, 1.54) is 0 Å². The second-order valence-corrected chi connectivity index (χ2v) is 6.46. The van der Waals surface area contributed by atoms with E-state index >= 15 is 0 Å². The number of hydrogen-bond acceptors (Lipinski definition) is 4. The van der Waals surface area contributed by atoms with E-state index in [2.05, 4.69) is 16.9 Å². The molecule has 1 amide bonds. The molecule has 0 aliphatic carbocycles. The summed E-state index contributed by atoms with van der Waals surface area (Å²) in [5.74, 6) is 0.934. The van der Waals surface area contributed by atoms with E-state index in [4.69, 9.17) is 0 Å². The van der Waals surface area contributed by atoms with Crippen molar-refractivity contribution >= 4 is 17.2 Å². The standard InChI is InChI=1S/C16H19N3OS/c1-12-5-8-19(9-6-12)15(20)10-13-11-21-16(18-13)14-4-2-3-7-17-14/h2-4,7,11-12H,5-6,8-10H2,1H3. The zero-order valence-corrected chi connectivity index (χ0v) is 13.0. The van der Waals surface area contributed by atoms with Crippen LogP contribution < -0.4 is 0 Å². The average Bonchev–Trinajstić information content (AvgIpc) is 2.97. The molecule has 0 saturated carbocycles. The van der Waals surface area contributed by atoms with Gasteiger partial charge in [0.2, 0.25) is 5.91 Å². The SMILES string of the molecule is CC1CCN(C(=O)Cc2csc(-c3ccccn3)n2)CC1. The van der Waals surface area contributed by atoms with Crippen molar-refractivity contribution in [1.29, 1.82) is 0 Å². The van der Waals surface area contributed by atoms with Crippen molar-refractivity contribution in [3.63, 3.8) is 0 Å². The van der Waals surface area contributed by atoms with Gasteiger partial charge < -0.3 is 4.90 Å². The number of piperidine rings is 1. The first-order valence-electron chi connectivity index (χ1n) is 7.36. The molecule has 2 aromatic rings. The van der Waals surface area contributed by atoms with Gasteiger partial charge in [-0.25, -0.2) is 4.98 Å². The highest BCUT2D eigenvalue weighted by Crippen LogP contribution is 2.22. The average molecular weight is 301 g/mol. The fourth-order valence-corrected chi connectivity index (χ4v) is 3.31. The molecule has 3 rings (SSSR count). The van der Waals surface area contributed by atoms with Crippen molar-refractivity contribution in [2.45, 2.75) is 26.2 Å². The van der Waals surface area contributed by atoms with Crippen LogP contribution in [0.5, 0.6) is 0 Å². The number of nitrogens with zero attached hydrogens (tertiary/aromatic N) is 3. The number of likely N-dealkylation sites (tertiary alicyclic amines) is 1. The van der Waals surface area contributed by atoms with Crippen molar-refractivity contribution in [2.75, 3.05) is 13.1 Å². The molecule has 0 aromatic carbocycles. The van der Waals surface area contributed by atoms with Crippen LogP contribution in [0.1, 0.15) is 25.5 Å². The smallest absolute Gasteiger partial charge is 0.228 e. The van der Waals surface area contributed by atoms with Crippen molar-refractivity contribution in [3.8, 4) is 10.7 Å². The normalized spacial score (nSPS) is 16.1. The fraction of sp³-hybridized carbons (Fsp3) is 0.438. The molecule has 3 heterocycles. The predicted octanol–water partition coefficient (Wildman–Crippen LogP) is 3.01. The van der Waals surface area contributed by atoms with Gasteiger partial charge in [-0.2, -0.15) is 0 Å². The van der Waals surface area contributed by atoms with Gasteiger partial charge in [0.15, 0.2) is 0 Å². The second kappa shape index (κ2) is 6.35. The maximum Gasteiger partial charge on any atom is 0.228 e. The summed E-state index contributed by atoms with van der Waals surface area (Å²) < 4.78 is 0. The summed E-state index contributed by atoms with van der Waals surface area (Å²) in [7, 11) is 0. The highest BCUT2D eigenvalue weighted by molar-refractivity contribution is 7.13. The highest BCUT2D eigenvalue weighted by Gasteiger charge is 2.21. The Labute approximate surface area is 128 Å². The largest absolute Gasteiger partial charge is 0.342 e. The summed E-state index contributed by atoms with van der Waals surface area (Å²) in [6, 6.07) is 5.78. The zero-order chi connectivity index (χ0) is 14.7. The number of aromatic nitrogens is 2. The topological polar surface area (TPSA) is 46.1 Å². The lowest BCUT2D eigenvalue weighted by Gasteiger charge is -2.30. The Bertz CT molecular complexity index is 603. The van der Waals surface area contributed by atoms with Gasteiger partial charge >= 0.3 is 0 Å². The van der Waals surface area contributed by atoms with Crippen LogP contribution in [0.2, 0.25) is 0 Å². The maximum atomic E-state index is 12.3. The lowest BCUT2D eigenvalue weighted by atomic mass is 9.99. The monoisotopic (exact) mass is 301 g/mol. The number of pyridine rings is 1. The van der Waals surface area contributed by atoms with E-state index < -0.39 is 0 Å². The van der Waals surface area contributed by atoms with Crippen molar-refractivity contribution < 1.29 is 4.79 Å². The molecular formula is C16H19N3OS. The molecule has 0 spiro atoms. The van der Waals surface area contributed by atoms with Gasteiger partial charge in [-0.15, -0.1) is 11.3 Å². The Morgan fingerprint density at radius 2 is 2.19 bits per heavy atom. The molecule has 21 heavy (non-hydrogen) atoms. The molecule has 2 aromatic heterocycles. The molecule has 1 saturated heterocycles. The minimum atomic E-state index is 0.194. The Balaban J connectivity index is 1.63. The number of amides is 1. The van der Waals surface area contributed by atoms with Crippen LogP contribution >= 0.6 is 11.3 Å². The molecule has 1 aliphatic heterocycles. The second-order valence-electron chi connectivity index (χ2n) is 5.60. The number of hydrogen-bond donors (Lipinski definition) is 0. The molecule has 1 aliphatic rings. The maximum absolute atomic E-state index is 12.3. The van der Waals surface area contributed by atoms with Crippen molar-refractivity contribution in [3.05, 3.63) is 35.5 Å². The molecule has 4 nitrogen and oxygen atoms in total. The lowest BCUT2D eigenvalue weighted by Crippen LogP contribution is -2.38. The molecule has 0 unspecified atom stereocenters. The number of rotatable bonds is 3. The third kappa shape index (κ3) is 3.47. The van der Waals surface area contributed by atoms with E-state index in [0.717, 1.165) is 48.2 Å². The molecule has 0 bridgehead atoms. The van der Waals surface area contributed by atoms with Gasteiger partial charge in [-0.1, -0.05) is 13.0 Å². The first kappa shape index (κ1) is 14.2. The fourth-order valence-electron chi connectivity index (χ4n) is 2.52. The molecular weight excluding hydrogens is 282 g/mol. The molecule has 0 atom stereocenters. The Kier molecular flexibility index (Phi) is 4.29. The minimum Gasteiger partial charge on any atom is -0.342 e. The van der Waals surface area contributed by atoms with Gasteiger partial charge in [-0.05, 0) is 30.9 Å². The number of carbonyl (C=O) groups excluding carboxylic acids is 1. The van der Waals surface area contributed by atoms with E-state index in [1.807, 2.05) is 28.5 Å². The van der Waals surface area contributed by atoms with Crippen molar-refractivity contribution in [2.24, 2.45) is 5.92 Å². The minimum absolute atomic E-state index is 0.194. The summed E-state index contributed by atoms with van der Waals surface area (Å²) in [6.07, 6.45) is 4.39. The van der Waals surface area contributed by atoms with Crippen LogP contribution in [0.25, 0.3) is 10.7 Å². The third-order valence-corrected chi connectivity index (χ3v) is 4.82. The van der Waals surface area contributed by atoms with Gasteiger partial charge in [-0.3, -0.25) is 9.78 Å². The number of carbonyl (C=O) groups is 1. The Morgan fingerprint density at radius 3 is 2.90 bits per heavy atom. The molecule has 0 radical (unpaired) electrons. The molecule has 1 fully saturated rings. The summed E-state index contributed by atoms with van der Waals surface area (Å²) in [4.78, 5) is 23.1. The third-order valence-electron chi connectivity index (χ3n) is 3.90. The van der Waals surface area contributed by atoms with Crippen LogP contribution in [0.3, 0.4) is 0 Å². The van der Waals surface area contributed by atoms with Crippen LogP contribution in [0.4, 0.5) is 0 Å². The molecule has 5 heteroatoms. The Hall–Kier alpha value is -1.75.